The third-order valence-corrected chi connectivity index (χ3v) is 4.92. The van der Waals surface area contributed by atoms with Crippen LogP contribution in [-0.4, -0.2) is 75.1 Å². The minimum absolute atomic E-state index is 0.167. The Bertz CT molecular complexity index is 705. The number of hydrogen-bond donors (Lipinski definition) is 3. The number of aliphatic hydroxyl groups is 1. The second-order valence-electron chi connectivity index (χ2n) is 6.95. The van der Waals surface area contributed by atoms with Gasteiger partial charge < -0.3 is 34.9 Å². The standard InChI is InChI=1S/C21H34N4O5/c1-5-22-20(24-15-9-11-25(12-10-15)21(27)30-6-2)23-14-18(26)17-13-16(28-3)7-8-19(17)29-4/h7-8,13,15,18,26H,5-6,9-12,14H2,1-4H3,(H2,22,23,24). The zero-order valence-electron chi connectivity index (χ0n) is 18.3. The smallest absolute Gasteiger partial charge is 0.409 e. The molecule has 1 unspecified atom stereocenters. The van der Waals surface area contributed by atoms with Crippen LogP contribution in [0.4, 0.5) is 4.79 Å². The molecule has 1 heterocycles. The Morgan fingerprint density at radius 2 is 2.00 bits per heavy atom. The van der Waals surface area contributed by atoms with E-state index >= 15 is 0 Å². The number of hydrogen-bond acceptors (Lipinski definition) is 6. The molecule has 1 atom stereocenters. The number of likely N-dealkylation sites (tertiary alicyclic amines) is 1. The van der Waals surface area contributed by atoms with E-state index in [1.54, 1.807) is 44.2 Å². The van der Waals surface area contributed by atoms with Crippen LogP contribution >= 0.6 is 0 Å². The van der Waals surface area contributed by atoms with Gasteiger partial charge in [0.1, 0.15) is 17.6 Å². The molecule has 9 heteroatoms. The molecule has 1 aliphatic rings. The van der Waals surface area contributed by atoms with E-state index in [1.807, 2.05) is 6.92 Å². The minimum atomic E-state index is -0.837. The first-order valence-electron chi connectivity index (χ1n) is 10.4. The maximum atomic E-state index is 11.8. The molecule has 0 aliphatic carbocycles. The number of carbonyl (C=O) groups is 1. The van der Waals surface area contributed by atoms with Crippen LogP contribution in [0.15, 0.2) is 23.2 Å². The van der Waals surface area contributed by atoms with Gasteiger partial charge in [-0.3, -0.25) is 4.99 Å². The molecule has 1 aliphatic heterocycles. The van der Waals surface area contributed by atoms with E-state index in [4.69, 9.17) is 14.2 Å². The number of methoxy groups -OCH3 is 2. The van der Waals surface area contributed by atoms with Crippen molar-refractivity contribution in [3.63, 3.8) is 0 Å². The summed E-state index contributed by atoms with van der Waals surface area (Å²) in [6, 6.07) is 5.50. The predicted octanol–water partition coefficient (Wildman–Crippen LogP) is 1.91. The Hall–Kier alpha value is -2.68. The van der Waals surface area contributed by atoms with Crippen molar-refractivity contribution in [3.8, 4) is 11.5 Å². The zero-order valence-corrected chi connectivity index (χ0v) is 18.3. The highest BCUT2D eigenvalue weighted by atomic mass is 16.6. The highest BCUT2D eigenvalue weighted by Crippen LogP contribution is 2.29. The van der Waals surface area contributed by atoms with Crippen molar-refractivity contribution in [2.24, 2.45) is 4.99 Å². The van der Waals surface area contributed by atoms with Crippen LogP contribution in [0.25, 0.3) is 0 Å². The molecule has 0 radical (unpaired) electrons. The summed E-state index contributed by atoms with van der Waals surface area (Å²) >= 11 is 0. The summed E-state index contributed by atoms with van der Waals surface area (Å²) in [5.74, 6) is 1.86. The normalized spacial score (nSPS) is 16.0. The second kappa shape index (κ2) is 12.1. The summed E-state index contributed by atoms with van der Waals surface area (Å²) in [6.45, 7) is 6.32. The molecule has 2 rings (SSSR count). The quantitative estimate of drug-likeness (QED) is 0.434. The lowest BCUT2D eigenvalue weighted by Gasteiger charge is -2.32. The van der Waals surface area contributed by atoms with Gasteiger partial charge in [-0.05, 0) is 44.9 Å². The molecule has 1 saturated heterocycles. The molecule has 1 amide bonds. The molecule has 30 heavy (non-hydrogen) atoms. The van der Waals surface area contributed by atoms with Crippen molar-refractivity contribution in [1.29, 1.82) is 0 Å². The molecule has 0 spiro atoms. The van der Waals surface area contributed by atoms with Crippen molar-refractivity contribution in [2.75, 3.05) is 47.0 Å². The lowest BCUT2D eigenvalue weighted by Crippen LogP contribution is -2.50. The highest BCUT2D eigenvalue weighted by molar-refractivity contribution is 5.80. The van der Waals surface area contributed by atoms with Gasteiger partial charge in [-0.15, -0.1) is 0 Å². The first-order chi connectivity index (χ1) is 14.5. The van der Waals surface area contributed by atoms with Crippen LogP contribution in [0.3, 0.4) is 0 Å². The number of carbonyl (C=O) groups excluding carboxylic acids is 1. The average Bonchev–Trinajstić information content (AvgIpc) is 2.77. The fraction of sp³-hybridized carbons (Fsp3) is 0.619. The van der Waals surface area contributed by atoms with Crippen molar-refractivity contribution in [2.45, 2.75) is 38.8 Å². The van der Waals surface area contributed by atoms with Gasteiger partial charge in [-0.25, -0.2) is 4.79 Å². The van der Waals surface area contributed by atoms with Crippen molar-refractivity contribution in [3.05, 3.63) is 23.8 Å². The predicted molar refractivity (Wildman–Crippen MR) is 115 cm³/mol. The topological polar surface area (TPSA) is 105 Å². The van der Waals surface area contributed by atoms with Gasteiger partial charge in [0.25, 0.3) is 0 Å². The Labute approximate surface area is 178 Å². The number of aliphatic hydroxyl groups excluding tert-OH is 1. The molecule has 0 bridgehead atoms. The zero-order chi connectivity index (χ0) is 21.9. The maximum Gasteiger partial charge on any atom is 0.409 e. The maximum absolute atomic E-state index is 11.8. The van der Waals surface area contributed by atoms with E-state index in [0.29, 0.717) is 49.3 Å². The van der Waals surface area contributed by atoms with E-state index in [0.717, 1.165) is 12.8 Å². The van der Waals surface area contributed by atoms with E-state index in [1.165, 1.54) is 0 Å². The second-order valence-corrected chi connectivity index (χ2v) is 6.95. The Balaban J connectivity index is 1.97. The SMILES string of the molecule is CCNC(=NCC(O)c1cc(OC)ccc1OC)NC1CCN(C(=O)OCC)CC1. The lowest BCUT2D eigenvalue weighted by molar-refractivity contribution is 0.0963. The summed E-state index contributed by atoms with van der Waals surface area (Å²) in [5.41, 5.74) is 0.624. The average molecular weight is 423 g/mol. The molecular formula is C21H34N4O5. The first-order valence-corrected chi connectivity index (χ1v) is 10.4. The van der Waals surface area contributed by atoms with Crippen LogP contribution in [0.2, 0.25) is 0 Å². The number of piperidine rings is 1. The molecule has 168 valence electrons. The van der Waals surface area contributed by atoms with Crippen LogP contribution in [0, 0.1) is 0 Å². The molecule has 1 aromatic carbocycles. The molecule has 1 fully saturated rings. The van der Waals surface area contributed by atoms with Crippen molar-refractivity contribution in [1.82, 2.24) is 15.5 Å². The number of nitrogens with one attached hydrogen (secondary N) is 2. The third-order valence-electron chi connectivity index (χ3n) is 4.92. The Kier molecular flexibility index (Phi) is 9.53. The van der Waals surface area contributed by atoms with Gasteiger partial charge in [0, 0.05) is 31.2 Å². The van der Waals surface area contributed by atoms with Crippen LogP contribution in [0.1, 0.15) is 38.4 Å². The summed E-state index contributed by atoms with van der Waals surface area (Å²) in [5, 5.41) is 17.3. The molecule has 3 N–H and O–H groups in total. The van der Waals surface area contributed by atoms with Gasteiger partial charge in [0.05, 0.1) is 27.4 Å². The summed E-state index contributed by atoms with van der Waals surface area (Å²) in [4.78, 5) is 18.1. The largest absolute Gasteiger partial charge is 0.497 e. The highest BCUT2D eigenvalue weighted by Gasteiger charge is 2.24. The van der Waals surface area contributed by atoms with Crippen molar-refractivity contribution < 1.29 is 24.1 Å². The summed E-state index contributed by atoms with van der Waals surface area (Å²) in [6.07, 6.45) is 0.508. The fourth-order valence-electron chi connectivity index (χ4n) is 3.31. The summed E-state index contributed by atoms with van der Waals surface area (Å²) in [7, 11) is 3.14. The molecule has 9 nitrogen and oxygen atoms in total. The van der Waals surface area contributed by atoms with E-state index in [2.05, 4.69) is 15.6 Å². The monoisotopic (exact) mass is 422 g/mol. The Morgan fingerprint density at radius 1 is 1.27 bits per heavy atom. The van der Waals surface area contributed by atoms with Crippen LogP contribution < -0.4 is 20.1 Å². The van der Waals surface area contributed by atoms with E-state index in [-0.39, 0.29) is 18.7 Å². The number of benzene rings is 1. The van der Waals surface area contributed by atoms with Crippen LogP contribution in [-0.2, 0) is 4.74 Å². The number of rotatable bonds is 8. The van der Waals surface area contributed by atoms with E-state index in [9.17, 15) is 9.90 Å². The number of amides is 1. The lowest BCUT2D eigenvalue weighted by atomic mass is 10.1. The van der Waals surface area contributed by atoms with Gasteiger partial charge in [0.15, 0.2) is 5.96 Å². The molecule has 0 saturated carbocycles. The van der Waals surface area contributed by atoms with Crippen LogP contribution in [0.5, 0.6) is 11.5 Å². The molecule has 1 aromatic rings. The number of ether oxygens (including phenoxy) is 3. The summed E-state index contributed by atoms with van der Waals surface area (Å²) < 4.78 is 15.7. The van der Waals surface area contributed by atoms with Gasteiger partial charge in [-0.1, -0.05) is 0 Å². The van der Waals surface area contributed by atoms with E-state index < -0.39 is 6.10 Å². The van der Waals surface area contributed by atoms with Crippen molar-refractivity contribution >= 4 is 12.1 Å². The van der Waals surface area contributed by atoms with Gasteiger partial charge >= 0.3 is 6.09 Å². The Morgan fingerprint density at radius 3 is 2.60 bits per heavy atom. The van der Waals surface area contributed by atoms with Gasteiger partial charge in [-0.2, -0.15) is 0 Å². The number of aliphatic imine (C=N–C) groups is 1. The molecular weight excluding hydrogens is 388 g/mol. The number of guanidine groups is 1. The van der Waals surface area contributed by atoms with Gasteiger partial charge in [0.2, 0.25) is 0 Å². The third kappa shape index (κ3) is 6.69. The first kappa shape index (κ1) is 23.6. The fourth-order valence-corrected chi connectivity index (χ4v) is 3.31. The minimum Gasteiger partial charge on any atom is -0.497 e. The molecule has 0 aromatic heterocycles. The number of nitrogens with zero attached hydrogens (tertiary/aromatic N) is 2.